The molecule has 6 heteroatoms. The minimum Gasteiger partial charge on any atom is -0.455 e. The number of aliphatic hydroxyl groups excluding tert-OH is 1. The van der Waals surface area contributed by atoms with Crippen LogP contribution >= 0.6 is 0 Å². The molecule has 4 rings (SSSR count). The molecule has 6 nitrogen and oxygen atoms in total. The highest BCUT2D eigenvalue weighted by Crippen LogP contribution is 2.24. The highest BCUT2D eigenvalue weighted by atomic mass is 16.4. The number of imidazole rings is 1. The summed E-state index contributed by atoms with van der Waals surface area (Å²) in [5, 5.41) is 13.7. The van der Waals surface area contributed by atoms with Crippen molar-refractivity contribution in [1.82, 2.24) is 19.3 Å². The Labute approximate surface area is 145 Å². The Bertz CT molecular complexity index is 1010. The molecule has 0 amide bonds. The molecule has 0 radical (unpaired) electrons. The van der Waals surface area contributed by atoms with Gasteiger partial charge < -0.3 is 9.52 Å². The lowest BCUT2D eigenvalue weighted by Gasteiger charge is -2.09. The summed E-state index contributed by atoms with van der Waals surface area (Å²) in [6.45, 7) is 3.90. The van der Waals surface area contributed by atoms with Crippen molar-refractivity contribution in [2.75, 3.05) is 0 Å². The zero-order valence-corrected chi connectivity index (χ0v) is 14.0. The second-order valence-corrected chi connectivity index (χ2v) is 5.90. The van der Waals surface area contributed by atoms with Crippen LogP contribution in [0.15, 0.2) is 59.3 Å². The van der Waals surface area contributed by atoms with Gasteiger partial charge in [0.15, 0.2) is 11.6 Å². The molecular weight excluding hydrogens is 316 g/mol. The van der Waals surface area contributed by atoms with E-state index < -0.39 is 0 Å². The van der Waals surface area contributed by atoms with E-state index in [4.69, 9.17) is 9.52 Å². The van der Waals surface area contributed by atoms with Gasteiger partial charge in [0, 0.05) is 23.8 Å². The highest BCUT2D eigenvalue weighted by Gasteiger charge is 2.12. The lowest BCUT2D eigenvalue weighted by molar-refractivity contribution is 0.248. The van der Waals surface area contributed by atoms with Gasteiger partial charge in [-0.1, -0.05) is 0 Å². The smallest absolute Gasteiger partial charge is 0.180 e. The van der Waals surface area contributed by atoms with Crippen LogP contribution in [0, 0.1) is 13.8 Å². The van der Waals surface area contributed by atoms with E-state index in [1.807, 2.05) is 59.6 Å². The van der Waals surface area contributed by atoms with Crippen molar-refractivity contribution in [3.05, 3.63) is 72.0 Å². The van der Waals surface area contributed by atoms with Crippen LogP contribution in [0.25, 0.3) is 23.0 Å². The largest absolute Gasteiger partial charge is 0.455 e. The summed E-state index contributed by atoms with van der Waals surface area (Å²) in [4.78, 5) is 4.38. The molecule has 0 aliphatic rings. The van der Waals surface area contributed by atoms with Crippen molar-refractivity contribution in [2.45, 2.75) is 20.5 Å². The minimum absolute atomic E-state index is 0.127. The lowest BCUT2D eigenvalue weighted by atomic mass is 10.2. The van der Waals surface area contributed by atoms with E-state index in [1.54, 1.807) is 12.3 Å². The fourth-order valence-corrected chi connectivity index (χ4v) is 2.92. The third-order valence-electron chi connectivity index (χ3n) is 4.06. The van der Waals surface area contributed by atoms with E-state index >= 15 is 0 Å². The van der Waals surface area contributed by atoms with Crippen molar-refractivity contribution in [3.63, 3.8) is 0 Å². The summed E-state index contributed by atoms with van der Waals surface area (Å²) >= 11 is 0. The maximum Gasteiger partial charge on any atom is 0.180 e. The first-order valence-electron chi connectivity index (χ1n) is 8.03. The topological polar surface area (TPSA) is 69.0 Å². The van der Waals surface area contributed by atoms with Crippen LogP contribution in [-0.2, 0) is 6.61 Å². The molecule has 0 atom stereocenters. The van der Waals surface area contributed by atoms with E-state index in [2.05, 4.69) is 16.1 Å². The Hall–Kier alpha value is -3.12. The first-order chi connectivity index (χ1) is 12.2. The maximum atomic E-state index is 9.17. The predicted octanol–water partition coefficient (Wildman–Crippen LogP) is 3.43. The average molecular weight is 334 g/mol. The van der Waals surface area contributed by atoms with Gasteiger partial charge in [0.1, 0.15) is 12.4 Å². The Morgan fingerprint density at radius 3 is 2.44 bits per heavy atom. The molecule has 126 valence electrons. The number of rotatable bonds is 4. The van der Waals surface area contributed by atoms with Gasteiger partial charge in [-0.3, -0.25) is 4.57 Å². The number of aryl methyl sites for hydroxylation is 2. The number of benzene rings is 1. The second-order valence-electron chi connectivity index (χ2n) is 5.90. The molecule has 3 aromatic heterocycles. The van der Waals surface area contributed by atoms with Gasteiger partial charge >= 0.3 is 0 Å². The van der Waals surface area contributed by atoms with Gasteiger partial charge in [-0.25, -0.2) is 9.67 Å². The fourth-order valence-electron chi connectivity index (χ4n) is 2.92. The Morgan fingerprint density at radius 2 is 1.80 bits per heavy atom. The van der Waals surface area contributed by atoms with E-state index in [1.165, 1.54) is 0 Å². The van der Waals surface area contributed by atoms with Gasteiger partial charge in [-0.2, -0.15) is 5.10 Å². The standard InChI is InChI=1S/C19H18N4O2/c1-13-11-14(2)23(21-13)16-5-3-15(4-6-16)22-10-9-20-19(22)18-8-7-17(12-24)25-18/h3-11,24H,12H2,1-2H3. The van der Waals surface area contributed by atoms with Gasteiger partial charge in [-0.15, -0.1) is 0 Å². The third kappa shape index (κ3) is 2.77. The second kappa shape index (κ2) is 6.07. The van der Waals surface area contributed by atoms with E-state index in [0.29, 0.717) is 17.3 Å². The molecule has 1 aromatic carbocycles. The number of nitrogens with zero attached hydrogens (tertiary/aromatic N) is 4. The van der Waals surface area contributed by atoms with E-state index in [0.717, 1.165) is 22.8 Å². The molecule has 0 saturated heterocycles. The molecule has 4 aromatic rings. The molecule has 3 heterocycles. The summed E-state index contributed by atoms with van der Waals surface area (Å²) in [7, 11) is 0. The number of furan rings is 1. The SMILES string of the molecule is Cc1cc(C)n(-c2ccc(-n3ccnc3-c3ccc(CO)o3)cc2)n1. The predicted molar refractivity (Wildman–Crippen MR) is 93.8 cm³/mol. The fraction of sp³-hybridized carbons (Fsp3) is 0.158. The van der Waals surface area contributed by atoms with Gasteiger partial charge in [-0.05, 0) is 56.3 Å². The van der Waals surface area contributed by atoms with Crippen molar-refractivity contribution < 1.29 is 9.52 Å². The van der Waals surface area contributed by atoms with Gasteiger partial charge in [0.2, 0.25) is 0 Å². The molecule has 25 heavy (non-hydrogen) atoms. The quantitative estimate of drug-likeness (QED) is 0.621. The third-order valence-corrected chi connectivity index (χ3v) is 4.06. The van der Waals surface area contributed by atoms with Crippen LogP contribution in [0.5, 0.6) is 0 Å². The molecule has 0 saturated carbocycles. The summed E-state index contributed by atoms with van der Waals surface area (Å²) in [6.07, 6.45) is 3.61. The van der Waals surface area contributed by atoms with Crippen LogP contribution in [0.1, 0.15) is 17.1 Å². The zero-order chi connectivity index (χ0) is 17.4. The molecule has 0 aliphatic carbocycles. The van der Waals surface area contributed by atoms with E-state index in [9.17, 15) is 0 Å². The first-order valence-corrected chi connectivity index (χ1v) is 8.03. The van der Waals surface area contributed by atoms with Gasteiger partial charge in [0.25, 0.3) is 0 Å². The number of hydrogen-bond acceptors (Lipinski definition) is 4. The molecule has 1 N–H and O–H groups in total. The zero-order valence-electron chi connectivity index (χ0n) is 14.0. The van der Waals surface area contributed by atoms with Crippen LogP contribution in [0.3, 0.4) is 0 Å². The summed E-state index contributed by atoms with van der Waals surface area (Å²) in [5.74, 6) is 1.83. The molecule has 0 unspecified atom stereocenters. The van der Waals surface area contributed by atoms with Crippen molar-refractivity contribution in [1.29, 1.82) is 0 Å². The molecule has 0 spiro atoms. The Balaban J connectivity index is 1.69. The van der Waals surface area contributed by atoms with Crippen LogP contribution < -0.4 is 0 Å². The number of aliphatic hydroxyl groups is 1. The monoisotopic (exact) mass is 334 g/mol. The van der Waals surface area contributed by atoms with Crippen molar-refractivity contribution in [2.24, 2.45) is 0 Å². The minimum atomic E-state index is -0.127. The average Bonchev–Trinajstić information content (AvgIpc) is 3.33. The lowest BCUT2D eigenvalue weighted by Crippen LogP contribution is -2.00. The Kier molecular flexibility index (Phi) is 3.74. The van der Waals surface area contributed by atoms with E-state index in [-0.39, 0.29) is 6.61 Å². The van der Waals surface area contributed by atoms with Crippen LogP contribution in [-0.4, -0.2) is 24.4 Å². The summed E-state index contributed by atoms with van der Waals surface area (Å²) in [6, 6.07) is 13.7. The summed E-state index contributed by atoms with van der Waals surface area (Å²) < 4.78 is 9.48. The maximum absolute atomic E-state index is 9.17. The number of aromatic nitrogens is 4. The normalized spacial score (nSPS) is 11.2. The molecule has 0 bridgehead atoms. The Morgan fingerprint density at radius 1 is 1.04 bits per heavy atom. The molecular formula is C19H18N4O2. The van der Waals surface area contributed by atoms with Crippen molar-refractivity contribution >= 4 is 0 Å². The first kappa shape index (κ1) is 15.4. The number of hydrogen-bond donors (Lipinski definition) is 1. The highest BCUT2D eigenvalue weighted by molar-refractivity contribution is 5.54. The summed E-state index contributed by atoms with van der Waals surface area (Å²) in [5.41, 5.74) is 4.08. The van der Waals surface area contributed by atoms with Crippen LogP contribution in [0.2, 0.25) is 0 Å². The molecule has 0 aliphatic heterocycles. The van der Waals surface area contributed by atoms with Gasteiger partial charge in [0.05, 0.1) is 11.4 Å². The molecule has 0 fully saturated rings. The van der Waals surface area contributed by atoms with Crippen LogP contribution in [0.4, 0.5) is 0 Å². The van der Waals surface area contributed by atoms with Crippen molar-refractivity contribution in [3.8, 4) is 23.0 Å².